The number of anilines is 1. The monoisotopic (exact) mass is 458 g/mol. The summed E-state index contributed by atoms with van der Waals surface area (Å²) in [6.45, 7) is 0.634. The summed E-state index contributed by atoms with van der Waals surface area (Å²) in [5, 5.41) is 42.8. The molecule has 170 valence electrons. The molecule has 6 N–H and O–H groups in total. The van der Waals surface area contributed by atoms with Crippen molar-refractivity contribution in [3.05, 3.63) is 83.4 Å². The zero-order valence-electron chi connectivity index (χ0n) is 17.4. The van der Waals surface area contributed by atoms with Crippen molar-refractivity contribution in [2.24, 2.45) is 0 Å². The van der Waals surface area contributed by atoms with E-state index < -0.39 is 16.1 Å². The van der Waals surface area contributed by atoms with E-state index in [9.17, 15) is 28.8 Å². The Morgan fingerprint density at radius 2 is 1.28 bits per heavy atom. The van der Waals surface area contributed by atoms with Gasteiger partial charge in [-0.15, -0.1) is 0 Å². The molecule has 1 atom stereocenters. The molecule has 3 aromatic rings. The van der Waals surface area contributed by atoms with E-state index in [1.54, 1.807) is 24.3 Å². The molecule has 0 spiro atoms. The quantitative estimate of drug-likeness (QED) is 0.271. The summed E-state index contributed by atoms with van der Waals surface area (Å²) in [5.74, 6) is -0.0235. The Bertz CT molecular complexity index is 1100. The summed E-state index contributed by atoms with van der Waals surface area (Å²) in [4.78, 5) is 0. The van der Waals surface area contributed by atoms with E-state index in [1.807, 2.05) is 24.3 Å². The Labute approximate surface area is 186 Å². The second-order valence-corrected chi connectivity index (χ2v) is 9.31. The molecule has 3 aromatic carbocycles. The van der Waals surface area contributed by atoms with E-state index >= 15 is 0 Å². The number of nitrogens with one attached hydrogen (secondary N) is 2. The third-order valence-electron chi connectivity index (χ3n) is 4.98. The van der Waals surface area contributed by atoms with Gasteiger partial charge >= 0.3 is 0 Å². The zero-order chi connectivity index (χ0) is 23.3. The van der Waals surface area contributed by atoms with Crippen LogP contribution in [-0.2, 0) is 10.0 Å². The van der Waals surface area contributed by atoms with Crippen molar-refractivity contribution in [1.29, 1.82) is 0 Å². The molecule has 0 saturated carbocycles. The Balaban J connectivity index is 1.72. The summed E-state index contributed by atoms with van der Waals surface area (Å²) >= 11 is 0. The molecular formula is C23H26N2O6S. The van der Waals surface area contributed by atoms with Gasteiger partial charge in [-0.3, -0.25) is 4.72 Å². The number of sulfonamides is 1. The van der Waals surface area contributed by atoms with Gasteiger partial charge in [0.25, 0.3) is 0 Å². The summed E-state index contributed by atoms with van der Waals surface area (Å²) in [6.07, 6.45) is 0.0279. The number of aliphatic hydroxyl groups excluding tert-OH is 1. The van der Waals surface area contributed by atoms with E-state index in [0.717, 1.165) is 17.4 Å². The van der Waals surface area contributed by atoms with Gasteiger partial charge in [-0.05, 0) is 53.1 Å². The fraction of sp³-hybridized carbons (Fsp3) is 0.217. The number of hydrogen-bond acceptors (Lipinski definition) is 7. The minimum absolute atomic E-state index is 0.00452. The van der Waals surface area contributed by atoms with Gasteiger partial charge in [0.1, 0.15) is 17.2 Å². The highest BCUT2D eigenvalue weighted by Crippen LogP contribution is 2.29. The fourth-order valence-electron chi connectivity index (χ4n) is 3.37. The molecule has 3 rings (SSSR count). The second kappa shape index (κ2) is 9.90. The molecule has 32 heavy (non-hydrogen) atoms. The van der Waals surface area contributed by atoms with Crippen LogP contribution in [0.3, 0.4) is 0 Å². The van der Waals surface area contributed by atoms with Crippen LogP contribution in [0, 0.1) is 0 Å². The van der Waals surface area contributed by atoms with E-state index in [0.29, 0.717) is 12.1 Å². The van der Waals surface area contributed by atoms with Crippen LogP contribution in [0.2, 0.25) is 0 Å². The van der Waals surface area contributed by atoms with Gasteiger partial charge in [0.15, 0.2) is 0 Å². The lowest BCUT2D eigenvalue weighted by Gasteiger charge is -2.21. The van der Waals surface area contributed by atoms with Crippen molar-refractivity contribution in [2.45, 2.75) is 12.0 Å². The molecule has 8 nitrogen and oxygen atoms in total. The van der Waals surface area contributed by atoms with E-state index in [1.165, 1.54) is 18.2 Å². The average Bonchev–Trinajstić information content (AvgIpc) is 2.73. The van der Waals surface area contributed by atoms with Crippen molar-refractivity contribution in [1.82, 2.24) is 5.32 Å². The Morgan fingerprint density at radius 3 is 1.78 bits per heavy atom. The van der Waals surface area contributed by atoms with E-state index in [2.05, 4.69) is 10.0 Å². The van der Waals surface area contributed by atoms with Crippen LogP contribution in [0.5, 0.6) is 17.2 Å². The molecule has 0 aromatic heterocycles. The molecule has 0 fully saturated rings. The van der Waals surface area contributed by atoms with E-state index in [-0.39, 0.29) is 35.4 Å². The fourth-order valence-corrected chi connectivity index (χ4v) is 3.93. The van der Waals surface area contributed by atoms with E-state index in [4.69, 9.17) is 0 Å². The summed E-state index contributed by atoms with van der Waals surface area (Å²) in [5.41, 5.74) is 2.32. The van der Waals surface area contributed by atoms with Crippen LogP contribution in [0.4, 0.5) is 5.69 Å². The summed E-state index contributed by atoms with van der Waals surface area (Å²) in [7, 11) is -3.58. The highest BCUT2D eigenvalue weighted by molar-refractivity contribution is 7.92. The lowest BCUT2D eigenvalue weighted by Crippen LogP contribution is -2.27. The van der Waals surface area contributed by atoms with Gasteiger partial charge in [0.05, 0.1) is 18.0 Å². The number of phenols is 3. The Morgan fingerprint density at radius 1 is 0.781 bits per heavy atom. The van der Waals surface area contributed by atoms with Gasteiger partial charge in [-0.25, -0.2) is 8.42 Å². The van der Waals surface area contributed by atoms with Gasteiger partial charge in [0.2, 0.25) is 10.0 Å². The first-order chi connectivity index (χ1) is 15.1. The van der Waals surface area contributed by atoms with Crippen molar-refractivity contribution in [2.75, 3.05) is 24.1 Å². The number of benzene rings is 3. The van der Waals surface area contributed by atoms with Crippen LogP contribution in [0.25, 0.3) is 0 Å². The lowest BCUT2D eigenvalue weighted by atomic mass is 9.91. The number of aliphatic hydroxyl groups is 1. The maximum absolute atomic E-state index is 11.5. The van der Waals surface area contributed by atoms with Crippen LogP contribution in [0.1, 0.15) is 28.7 Å². The predicted octanol–water partition coefficient (Wildman–Crippen LogP) is 2.63. The first kappa shape index (κ1) is 23.4. The van der Waals surface area contributed by atoms with Crippen molar-refractivity contribution in [3.63, 3.8) is 0 Å². The standard InChI is InChI=1S/C23H26N2O6S/c1-32(30,31)25-21-12-17(6-11-22(21)28)23(29)14-24-13-20(15-2-7-18(26)8-3-15)16-4-9-19(27)10-5-16/h2-12,20,23-29H,13-14H2,1H3/t23-/m0/s1. The second-order valence-electron chi connectivity index (χ2n) is 7.56. The lowest BCUT2D eigenvalue weighted by molar-refractivity contribution is 0.174. The van der Waals surface area contributed by atoms with Crippen LogP contribution in [-0.4, -0.2) is 48.2 Å². The molecule has 0 amide bonds. The number of hydrogen-bond donors (Lipinski definition) is 6. The SMILES string of the molecule is CS(=O)(=O)Nc1cc([C@@H](O)CNCC(c2ccc(O)cc2)c2ccc(O)cc2)ccc1O. The molecule has 0 radical (unpaired) electrons. The van der Waals surface area contributed by atoms with Gasteiger partial charge in [-0.1, -0.05) is 30.3 Å². The third kappa shape index (κ3) is 6.36. The van der Waals surface area contributed by atoms with Crippen LogP contribution < -0.4 is 10.0 Å². The molecule has 0 heterocycles. The largest absolute Gasteiger partial charge is 0.508 e. The Hall–Kier alpha value is -3.27. The van der Waals surface area contributed by atoms with Gasteiger partial charge in [-0.2, -0.15) is 0 Å². The number of aromatic hydroxyl groups is 3. The summed E-state index contributed by atoms with van der Waals surface area (Å²) in [6, 6.07) is 17.9. The molecular weight excluding hydrogens is 432 g/mol. The van der Waals surface area contributed by atoms with Crippen molar-refractivity contribution >= 4 is 15.7 Å². The molecule has 0 aliphatic carbocycles. The molecule has 9 heteroatoms. The van der Waals surface area contributed by atoms with Crippen LogP contribution >= 0.6 is 0 Å². The molecule has 0 aliphatic rings. The third-order valence-corrected chi connectivity index (χ3v) is 5.57. The molecule has 0 unspecified atom stereocenters. The highest BCUT2D eigenvalue weighted by atomic mass is 32.2. The maximum Gasteiger partial charge on any atom is 0.229 e. The molecule has 0 saturated heterocycles. The normalized spacial score (nSPS) is 12.6. The topological polar surface area (TPSA) is 139 Å². The van der Waals surface area contributed by atoms with Crippen molar-refractivity contribution < 1.29 is 28.8 Å². The van der Waals surface area contributed by atoms with Crippen LogP contribution in [0.15, 0.2) is 66.7 Å². The summed E-state index contributed by atoms with van der Waals surface area (Å²) < 4.78 is 25.1. The highest BCUT2D eigenvalue weighted by Gasteiger charge is 2.17. The molecule has 0 aliphatic heterocycles. The minimum Gasteiger partial charge on any atom is -0.508 e. The number of rotatable bonds is 9. The zero-order valence-corrected chi connectivity index (χ0v) is 18.2. The molecule has 0 bridgehead atoms. The number of phenolic OH excluding ortho intramolecular Hbond substituents is 3. The Kier molecular flexibility index (Phi) is 7.24. The first-order valence-corrected chi connectivity index (χ1v) is 11.8. The average molecular weight is 459 g/mol. The predicted molar refractivity (Wildman–Crippen MR) is 122 cm³/mol. The first-order valence-electron chi connectivity index (χ1n) is 9.90. The smallest absolute Gasteiger partial charge is 0.229 e. The maximum atomic E-state index is 11.5. The van der Waals surface area contributed by atoms with Crippen molar-refractivity contribution in [3.8, 4) is 17.2 Å². The van der Waals surface area contributed by atoms with Gasteiger partial charge in [0, 0.05) is 19.0 Å². The van der Waals surface area contributed by atoms with Gasteiger partial charge < -0.3 is 25.7 Å². The minimum atomic E-state index is -3.58.